The molecule has 0 radical (unpaired) electrons. The van der Waals surface area contributed by atoms with Crippen molar-refractivity contribution in [3.63, 3.8) is 0 Å². The van der Waals surface area contributed by atoms with Gasteiger partial charge in [-0.2, -0.15) is 0 Å². The summed E-state index contributed by atoms with van der Waals surface area (Å²) < 4.78 is 0. The topological polar surface area (TPSA) is 61.9 Å². The standard InChI is InChI=1S/C14H16N4O/c19-13-9-12(11-5-4-6-15-10-11)16-14(17-13)18-7-2-1-3-8-18/h4-6,9-10H,1-3,7-8H2,(H,16,17,19). The Bertz CT molecular complexity index is 602. The summed E-state index contributed by atoms with van der Waals surface area (Å²) in [6.45, 7) is 1.92. The molecule has 2 aromatic rings. The minimum absolute atomic E-state index is 0.116. The number of rotatable bonds is 2. The van der Waals surface area contributed by atoms with Crippen molar-refractivity contribution >= 4 is 5.95 Å². The highest BCUT2D eigenvalue weighted by molar-refractivity contribution is 5.58. The quantitative estimate of drug-likeness (QED) is 0.890. The normalized spacial score (nSPS) is 15.5. The van der Waals surface area contributed by atoms with Crippen molar-refractivity contribution in [2.24, 2.45) is 0 Å². The second kappa shape index (κ2) is 5.22. The van der Waals surface area contributed by atoms with E-state index in [4.69, 9.17) is 0 Å². The first-order valence-electron chi connectivity index (χ1n) is 6.60. The predicted octanol–water partition coefficient (Wildman–Crippen LogP) is 1.82. The maximum absolute atomic E-state index is 11.8. The van der Waals surface area contributed by atoms with Crippen molar-refractivity contribution < 1.29 is 0 Å². The monoisotopic (exact) mass is 256 g/mol. The van der Waals surface area contributed by atoms with Crippen molar-refractivity contribution in [1.82, 2.24) is 15.0 Å². The van der Waals surface area contributed by atoms with Gasteiger partial charge in [0, 0.05) is 37.1 Å². The number of hydrogen-bond donors (Lipinski definition) is 1. The summed E-state index contributed by atoms with van der Waals surface area (Å²) in [5, 5.41) is 0. The highest BCUT2D eigenvalue weighted by atomic mass is 16.1. The van der Waals surface area contributed by atoms with Gasteiger partial charge in [-0.05, 0) is 31.4 Å². The Morgan fingerprint density at radius 2 is 2.05 bits per heavy atom. The van der Waals surface area contributed by atoms with E-state index < -0.39 is 0 Å². The van der Waals surface area contributed by atoms with Crippen LogP contribution in [0.25, 0.3) is 11.3 Å². The fraction of sp³-hybridized carbons (Fsp3) is 0.357. The number of anilines is 1. The van der Waals surface area contributed by atoms with Crippen LogP contribution in [0.2, 0.25) is 0 Å². The molecule has 0 amide bonds. The summed E-state index contributed by atoms with van der Waals surface area (Å²) in [5.74, 6) is 0.672. The number of H-pyrrole nitrogens is 1. The minimum Gasteiger partial charge on any atom is -0.342 e. The van der Waals surface area contributed by atoms with Crippen molar-refractivity contribution in [2.45, 2.75) is 19.3 Å². The molecule has 0 spiro atoms. The molecule has 0 aromatic carbocycles. The Hall–Kier alpha value is -2.17. The highest BCUT2D eigenvalue weighted by Gasteiger charge is 2.14. The molecule has 1 fully saturated rings. The molecule has 1 aliphatic heterocycles. The molecular formula is C14H16N4O. The van der Waals surface area contributed by atoms with Gasteiger partial charge in [0.2, 0.25) is 5.95 Å². The molecule has 0 bridgehead atoms. The van der Waals surface area contributed by atoms with Crippen LogP contribution in [0.3, 0.4) is 0 Å². The number of piperidine rings is 1. The van der Waals surface area contributed by atoms with Gasteiger partial charge in [0.1, 0.15) is 0 Å². The van der Waals surface area contributed by atoms with Crippen LogP contribution < -0.4 is 10.5 Å². The first-order chi connectivity index (χ1) is 9.33. The third-order valence-corrected chi connectivity index (χ3v) is 3.34. The zero-order chi connectivity index (χ0) is 13.1. The highest BCUT2D eigenvalue weighted by Crippen LogP contribution is 2.18. The summed E-state index contributed by atoms with van der Waals surface area (Å²) in [6, 6.07) is 5.28. The van der Waals surface area contributed by atoms with Crippen LogP contribution >= 0.6 is 0 Å². The molecule has 0 atom stereocenters. The second-order valence-corrected chi connectivity index (χ2v) is 4.74. The number of pyridine rings is 1. The summed E-state index contributed by atoms with van der Waals surface area (Å²) in [6.07, 6.45) is 6.99. The van der Waals surface area contributed by atoms with Gasteiger partial charge < -0.3 is 4.90 Å². The second-order valence-electron chi connectivity index (χ2n) is 4.74. The summed E-state index contributed by atoms with van der Waals surface area (Å²) in [5.41, 5.74) is 1.43. The van der Waals surface area contributed by atoms with Crippen LogP contribution in [-0.4, -0.2) is 28.0 Å². The fourth-order valence-corrected chi connectivity index (χ4v) is 2.36. The van der Waals surface area contributed by atoms with Gasteiger partial charge in [0.05, 0.1) is 5.69 Å². The van der Waals surface area contributed by atoms with E-state index in [1.165, 1.54) is 12.5 Å². The van der Waals surface area contributed by atoms with Gasteiger partial charge in [0.15, 0.2) is 0 Å². The van der Waals surface area contributed by atoms with Crippen LogP contribution in [0.15, 0.2) is 35.4 Å². The lowest BCUT2D eigenvalue weighted by Crippen LogP contribution is -2.32. The third-order valence-electron chi connectivity index (χ3n) is 3.34. The van der Waals surface area contributed by atoms with E-state index in [0.29, 0.717) is 11.6 Å². The fourth-order valence-electron chi connectivity index (χ4n) is 2.36. The van der Waals surface area contributed by atoms with E-state index in [-0.39, 0.29) is 5.56 Å². The third kappa shape index (κ3) is 2.65. The van der Waals surface area contributed by atoms with E-state index in [9.17, 15) is 4.79 Å². The summed E-state index contributed by atoms with van der Waals surface area (Å²) in [7, 11) is 0. The molecule has 1 N–H and O–H groups in total. The molecule has 3 heterocycles. The van der Waals surface area contributed by atoms with Gasteiger partial charge in [0.25, 0.3) is 5.56 Å². The summed E-state index contributed by atoms with van der Waals surface area (Å²) >= 11 is 0. The van der Waals surface area contributed by atoms with Gasteiger partial charge in [-0.1, -0.05) is 0 Å². The van der Waals surface area contributed by atoms with E-state index in [1.54, 1.807) is 12.4 Å². The minimum atomic E-state index is -0.116. The molecule has 2 aromatic heterocycles. The average molecular weight is 256 g/mol. The van der Waals surface area contributed by atoms with Crippen molar-refractivity contribution in [2.75, 3.05) is 18.0 Å². The maximum atomic E-state index is 11.8. The SMILES string of the molecule is O=c1cc(-c2cccnc2)nc(N2CCCCC2)[nH]1. The lowest BCUT2D eigenvalue weighted by molar-refractivity contribution is 0.568. The number of nitrogens with zero attached hydrogens (tertiary/aromatic N) is 3. The Morgan fingerprint density at radius 1 is 1.21 bits per heavy atom. The van der Waals surface area contributed by atoms with Gasteiger partial charge in [-0.25, -0.2) is 4.98 Å². The van der Waals surface area contributed by atoms with Gasteiger partial charge >= 0.3 is 0 Å². The van der Waals surface area contributed by atoms with Crippen molar-refractivity contribution in [3.05, 3.63) is 40.9 Å². The number of nitrogens with one attached hydrogen (secondary N) is 1. The molecule has 5 nitrogen and oxygen atoms in total. The molecule has 98 valence electrons. The van der Waals surface area contributed by atoms with Crippen molar-refractivity contribution in [1.29, 1.82) is 0 Å². The summed E-state index contributed by atoms with van der Waals surface area (Å²) in [4.78, 5) is 25.4. The van der Waals surface area contributed by atoms with Crippen LogP contribution in [0, 0.1) is 0 Å². The molecule has 0 saturated carbocycles. The van der Waals surface area contributed by atoms with E-state index in [1.807, 2.05) is 12.1 Å². The Morgan fingerprint density at radius 3 is 2.79 bits per heavy atom. The number of hydrogen-bond acceptors (Lipinski definition) is 4. The smallest absolute Gasteiger partial charge is 0.252 e. The van der Waals surface area contributed by atoms with Gasteiger partial charge in [-0.3, -0.25) is 14.8 Å². The zero-order valence-electron chi connectivity index (χ0n) is 10.7. The van der Waals surface area contributed by atoms with Crippen LogP contribution in [0.1, 0.15) is 19.3 Å². The Kier molecular flexibility index (Phi) is 3.27. The van der Waals surface area contributed by atoms with Crippen molar-refractivity contribution in [3.8, 4) is 11.3 Å². The van der Waals surface area contributed by atoms with Crippen LogP contribution in [0.5, 0.6) is 0 Å². The lowest BCUT2D eigenvalue weighted by atomic mass is 10.1. The molecule has 5 heteroatoms. The molecule has 0 unspecified atom stereocenters. The molecule has 3 rings (SSSR count). The lowest BCUT2D eigenvalue weighted by Gasteiger charge is -2.27. The first-order valence-corrected chi connectivity index (χ1v) is 6.60. The van der Waals surface area contributed by atoms with Gasteiger partial charge in [-0.15, -0.1) is 0 Å². The zero-order valence-corrected chi connectivity index (χ0v) is 10.7. The van der Waals surface area contributed by atoms with Crippen LogP contribution in [-0.2, 0) is 0 Å². The number of aromatic nitrogens is 3. The molecule has 19 heavy (non-hydrogen) atoms. The Labute approximate surface area is 111 Å². The first kappa shape index (κ1) is 11.9. The average Bonchev–Trinajstić information content (AvgIpc) is 2.48. The van der Waals surface area contributed by atoms with E-state index >= 15 is 0 Å². The maximum Gasteiger partial charge on any atom is 0.252 e. The number of aromatic amines is 1. The molecular weight excluding hydrogens is 240 g/mol. The van der Waals surface area contributed by atoms with E-state index in [0.717, 1.165) is 31.5 Å². The molecule has 1 aliphatic rings. The molecule has 0 aliphatic carbocycles. The Balaban J connectivity index is 1.98. The van der Waals surface area contributed by atoms with Crippen LogP contribution in [0.4, 0.5) is 5.95 Å². The molecule has 1 saturated heterocycles. The predicted molar refractivity (Wildman–Crippen MR) is 74.2 cm³/mol. The largest absolute Gasteiger partial charge is 0.342 e. The van der Waals surface area contributed by atoms with E-state index in [2.05, 4.69) is 19.9 Å².